The van der Waals surface area contributed by atoms with Crippen LogP contribution >= 0.6 is 30.9 Å². The maximum Gasteiger partial charge on any atom is 0.109 e. The molecule has 0 N–H and O–H groups in total. The third-order valence-corrected chi connectivity index (χ3v) is 0. The van der Waals surface area contributed by atoms with Gasteiger partial charge in [-0.2, -0.15) is 11.1 Å². The summed E-state index contributed by atoms with van der Waals surface area (Å²) in [5.74, 6) is 0. The van der Waals surface area contributed by atoms with Gasteiger partial charge in [0.05, 0.1) is 0 Å². The van der Waals surface area contributed by atoms with Crippen molar-refractivity contribution in [1.29, 1.82) is 0 Å². The Kier molecular flexibility index (Phi) is 65.6. The van der Waals surface area contributed by atoms with Crippen LogP contribution in [-0.2, 0) is 0 Å². The summed E-state index contributed by atoms with van der Waals surface area (Å²) in [7, 11) is 2.67. The molecule has 0 amide bonds. The van der Waals surface area contributed by atoms with E-state index < -0.39 is 0 Å². The Morgan fingerprint density at radius 2 is 1.25 bits per heavy atom. The molecule has 0 radical (unpaired) electrons. The van der Waals surface area contributed by atoms with E-state index in [0.717, 1.165) is 9.55 Å². The number of hydrogen-bond donors (Lipinski definition) is 0. The average molecular weight is 135 g/mol. The van der Waals surface area contributed by atoms with E-state index in [-0.39, 0.29) is 0 Å². The number of hydrogen-bond acceptors (Lipinski definition) is 0. The van der Waals surface area contributed by atoms with Crippen molar-refractivity contribution in [2.24, 2.45) is 0 Å². The molecule has 0 aliphatic carbocycles. The lowest BCUT2D eigenvalue weighted by Gasteiger charge is -1.07. The molecule has 1 unspecified atom stereocenters. The van der Waals surface area contributed by atoms with Gasteiger partial charge >= 0.3 is 0 Å². The van der Waals surface area contributed by atoms with Crippen molar-refractivity contribution in [3.63, 3.8) is 0 Å². The molecule has 28 valence electrons. The molecule has 0 heterocycles. The Balaban J connectivity index is 0. The molecular formula is H5Cl2PSi. The van der Waals surface area contributed by atoms with Gasteiger partial charge in [0.15, 0.2) is 0 Å². The predicted molar refractivity (Wildman–Crippen MR) is 31.4 cm³/mol. The Hall–Kier alpha value is 1.23. The molecule has 0 fully saturated rings. The molecule has 0 rings (SSSR count). The highest BCUT2D eigenvalue weighted by atomic mass is 35.7. The van der Waals surface area contributed by atoms with Crippen LogP contribution in [0.15, 0.2) is 0 Å². The molecule has 0 aromatic heterocycles. The highest BCUT2D eigenvalue weighted by Crippen LogP contribution is 1.78. The van der Waals surface area contributed by atoms with E-state index in [2.05, 4.69) is 11.2 Å². The van der Waals surface area contributed by atoms with Gasteiger partial charge in [0.25, 0.3) is 0 Å². The Bertz CT molecular complexity index is 6.00. The maximum atomic E-state index is 4.78. The van der Waals surface area contributed by atoms with E-state index in [1.807, 2.05) is 8.59 Å². The maximum absolute atomic E-state index is 4.78. The summed E-state index contributed by atoms with van der Waals surface area (Å²) >= 11 is 9.33. The molecular weight excluding hydrogens is 130 g/mol. The molecule has 1 atom stereocenters. The third kappa shape index (κ3) is 10.6. The highest BCUT2D eigenvalue weighted by molar-refractivity contribution is 7.52. The average Bonchev–Trinajstić information content (AvgIpc) is 1.50. The quantitative estimate of drug-likeness (QED) is 0.258. The summed E-state index contributed by atoms with van der Waals surface area (Å²) in [4.78, 5) is 0. The van der Waals surface area contributed by atoms with Gasteiger partial charge in [-0.1, -0.05) is 0 Å². The predicted octanol–water partition coefficient (Wildman–Crippen LogP) is 0.521. The highest BCUT2D eigenvalue weighted by Gasteiger charge is 0.975. The van der Waals surface area contributed by atoms with E-state index in [1.165, 1.54) is 0 Å². The van der Waals surface area contributed by atoms with E-state index >= 15 is 0 Å². The first kappa shape index (κ1) is 8.97. The van der Waals surface area contributed by atoms with Gasteiger partial charge in [-0.25, -0.2) is 0 Å². The summed E-state index contributed by atoms with van der Waals surface area (Å²) in [6.07, 6.45) is 0. The molecule has 0 aromatic carbocycles. The van der Waals surface area contributed by atoms with Crippen molar-refractivity contribution in [3.8, 4) is 0 Å². The largest absolute Gasteiger partial charge is 0.181 e. The van der Waals surface area contributed by atoms with E-state index in [9.17, 15) is 0 Å². The summed E-state index contributed by atoms with van der Waals surface area (Å²) in [5, 5.41) is 0. The van der Waals surface area contributed by atoms with Crippen molar-refractivity contribution in [2.45, 2.75) is 0 Å². The minimum atomic E-state index is 0.778. The topological polar surface area (TPSA) is 0 Å². The van der Waals surface area contributed by atoms with Gasteiger partial charge in [-0.05, 0) is 8.59 Å². The van der Waals surface area contributed by atoms with Crippen molar-refractivity contribution in [2.75, 3.05) is 0 Å². The van der Waals surface area contributed by atoms with Gasteiger partial charge in [-0.3, -0.25) is 0 Å². The van der Waals surface area contributed by atoms with E-state index in [1.54, 1.807) is 0 Å². The van der Waals surface area contributed by atoms with Crippen LogP contribution in [-0.4, -0.2) is 9.55 Å². The second-order valence-corrected chi connectivity index (χ2v) is 0. The minimum absolute atomic E-state index is 0.778. The lowest BCUT2D eigenvalue weighted by molar-refractivity contribution is 4.80. The van der Waals surface area contributed by atoms with Gasteiger partial charge in [0, 0.05) is 0 Å². The van der Waals surface area contributed by atoms with E-state index in [4.69, 9.17) is 11.1 Å². The SMILES string of the molecule is PCl.[SiH3]Cl. The molecule has 0 nitrogen and oxygen atoms in total. The smallest absolute Gasteiger partial charge is 0.109 e. The van der Waals surface area contributed by atoms with Crippen molar-refractivity contribution < 1.29 is 0 Å². The number of halogens is 2. The van der Waals surface area contributed by atoms with Gasteiger partial charge in [0.2, 0.25) is 0 Å². The Morgan fingerprint density at radius 3 is 1.25 bits per heavy atom. The lowest BCUT2D eigenvalue weighted by Crippen LogP contribution is -0.980. The Morgan fingerprint density at radius 1 is 1.25 bits per heavy atom. The normalized spacial score (nSPS) is 3.75. The van der Waals surface area contributed by atoms with Crippen LogP contribution in [0.3, 0.4) is 0 Å². The first-order valence-electron chi connectivity index (χ1n) is 0.596. The first-order chi connectivity index (χ1) is 2.00. The fourth-order valence-electron chi connectivity index (χ4n) is 0. The van der Waals surface area contributed by atoms with Crippen LogP contribution in [0.1, 0.15) is 0 Å². The molecule has 0 aromatic rings. The standard InChI is InChI=1S/ClH2P.ClH3Si/c2*1-2/h2H2;2H3. The van der Waals surface area contributed by atoms with Crippen LogP contribution in [0.2, 0.25) is 0 Å². The molecule has 4 heteroatoms. The second kappa shape index (κ2) is 29.2. The fraction of sp³-hybridized carbons (Fsp3) is 0. The van der Waals surface area contributed by atoms with Crippen LogP contribution in [0.5, 0.6) is 0 Å². The molecule has 0 bridgehead atoms. The summed E-state index contributed by atoms with van der Waals surface area (Å²) in [6, 6.07) is 0. The molecule has 0 spiro atoms. The summed E-state index contributed by atoms with van der Waals surface area (Å²) < 4.78 is 0. The summed E-state index contributed by atoms with van der Waals surface area (Å²) in [5.41, 5.74) is 0. The van der Waals surface area contributed by atoms with Crippen molar-refractivity contribution >= 4 is 40.5 Å². The van der Waals surface area contributed by atoms with Gasteiger partial charge in [0.1, 0.15) is 9.55 Å². The zero-order valence-corrected chi connectivity index (χ0v) is 7.00. The second-order valence-electron chi connectivity index (χ2n) is 0. The molecule has 0 aliphatic rings. The molecule has 0 saturated heterocycles. The Labute approximate surface area is 41.0 Å². The molecule has 4 heavy (non-hydrogen) atoms. The van der Waals surface area contributed by atoms with Crippen LogP contribution in [0.25, 0.3) is 0 Å². The minimum Gasteiger partial charge on any atom is -0.181 e. The van der Waals surface area contributed by atoms with E-state index in [0.29, 0.717) is 0 Å². The van der Waals surface area contributed by atoms with Gasteiger partial charge in [-0.15, -0.1) is 11.2 Å². The monoisotopic (exact) mass is 134 g/mol. The molecule has 0 saturated carbocycles. The first-order valence-corrected chi connectivity index (χ1v) is 5.37. The van der Waals surface area contributed by atoms with Gasteiger partial charge < -0.3 is 0 Å². The number of rotatable bonds is 0. The zero-order valence-electron chi connectivity index (χ0n) is 2.33. The lowest BCUT2D eigenvalue weighted by atomic mass is 28.0. The van der Waals surface area contributed by atoms with Crippen molar-refractivity contribution in [1.82, 2.24) is 0 Å². The van der Waals surface area contributed by atoms with Crippen molar-refractivity contribution in [3.05, 3.63) is 0 Å². The fourth-order valence-corrected chi connectivity index (χ4v) is 0. The summed E-state index contributed by atoms with van der Waals surface area (Å²) in [6.45, 7) is 0. The third-order valence-electron chi connectivity index (χ3n) is 0. The van der Waals surface area contributed by atoms with Crippen LogP contribution < -0.4 is 0 Å². The van der Waals surface area contributed by atoms with Crippen LogP contribution in [0.4, 0.5) is 0 Å². The zero-order chi connectivity index (χ0) is 4.00. The molecule has 0 aliphatic heterocycles. The van der Waals surface area contributed by atoms with Crippen LogP contribution in [0, 0.1) is 0 Å².